The van der Waals surface area contributed by atoms with Gasteiger partial charge < -0.3 is 14.8 Å². The van der Waals surface area contributed by atoms with E-state index in [0.29, 0.717) is 45.7 Å². The number of anilines is 1. The average molecular weight is 623 g/mol. The molecule has 1 fully saturated rings. The molecule has 0 saturated carbocycles. The number of methoxy groups -OCH3 is 1. The van der Waals surface area contributed by atoms with Gasteiger partial charge in [-0.2, -0.15) is 0 Å². The summed E-state index contributed by atoms with van der Waals surface area (Å²) in [5.74, 6) is 0.392. The van der Waals surface area contributed by atoms with Crippen LogP contribution in [0.2, 0.25) is 0 Å². The number of aliphatic imine (C=N–C) groups is 1. The van der Waals surface area contributed by atoms with Crippen molar-refractivity contribution in [1.29, 1.82) is 0 Å². The molecular weight excluding hydrogens is 584 g/mol. The van der Waals surface area contributed by atoms with E-state index in [-0.39, 0.29) is 10.8 Å². The van der Waals surface area contributed by atoms with E-state index in [4.69, 9.17) is 9.73 Å². The monoisotopic (exact) mass is 622 g/mol. The molecule has 45 heavy (non-hydrogen) atoms. The number of aromatic amines is 1. The lowest BCUT2D eigenvalue weighted by molar-refractivity contribution is 0.0953. The van der Waals surface area contributed by atoms with E-state index in [9.17, 15) is 13.5 Å². The van der Waals surface area contributed by atoms with Crippen molar-refractivity contribution in [1.82, 2.24) is 9.88 Å². The van der Waals surface area contributed by atoms with Crippen molar-refractivity contribution >= 4 is 38.0 Å². The molecule has 1 saturated heterocycles. The van der Waals surface area contributed by atoms with Gasteiger partial charge in [0.25, 0.3) is 10.0 Å². The van der Waals surface area contributed by atoms with Crippen LogP contribution in [-0.2, 0) is 16.6 Å². The summed E-state index contributed by atoms with van der Waals surface area (Å²) < 4.78 is 34.3. The molecule has 1 aliphatic heterocycles. The van der Waals surface area contributed by atoms with E-state index >= 15 is 0 Å². The van der Waals surface area contributed by atoms with E-state index in [1.54, 1.807) is 30.3 Å². The van der Waals surface area contributed by atoms with Crippen molar-refractivity contribution in [3.8, 4) is 11.6 Å². The van der Waals surface area contributed by atoms with Gasteiger partial charge in [0.15, 0.2) is 5.88 Å². The van der Waals surface area contributed by atoms with Crippen LogP contribution >= 0.6 is 0 Å². The molecule has 6 rings (SSSR count). The number of piperidine rings is 1. The van der Waals surface area contributed by atoms with Gasteiger partial charge in [-0.1, -0.05) is 55.0 Å². The molecule has 0 amide bonds. The number of H-pyrrole nitrogens is 1. The Labute approximate surface area is 264 Å². The number of rotatable bonds is 9. The van der Waals surface area contributed by atoms with E-state index < -0.39 is 10.0 Å². The van der Waals surface area contributed by atoms with Crippen LogP contribution in [0.25, 0.3) is 10.9 Å². The smallest absolute Gasteiger partial charge is 0.262 e. The summed E-state index contributed by atoms with van der Waals surface area (Å²) in [7, 11) is -2.41. The van der Waals surface area contributed by atoms with Gasteiger partial charge in [-0.25, -0.2) is 13.4 Å². The predicted octanol–water partition coefficient (Wildman–Crippen LogP) is 7.61. The zero-order chi connectivity index (χ0) is 31.6. The minimum Gasteiger partial charge on any atom is -0.497 e. The molecule has 0 spiro atoms. The number of sulfonamides is 1. The highest BCUT2D eigenvalue weighted by atomic mass is 32.2. The molecule has 5 aromatic rings. The molecule has 2 atom stereocenters. The molecule has 8 nitrogen and oxygen atoms in total. The second-order valence-electron chi connectivity index (χ2n) is 11.7. The number of fused-ring (bicyclic) bond motifs is 1. The molecule has 4 aromatic carbocycles. The highest BCUT2D eigenvalue weighted by Gasteiger charge is 2.25. The minimum absolute atomic E-state index is 0.0508. The van der Waals surface area contributed by atoms with Crippen molar-refractivity contribution in [3.05, 3.63) is 114 Å². The summed E-state index contributed by atoms with van der Waals surface area (Å²) >= 11 is 0. The molecule has 232 valence electrons. The molecule has 2 unspecified atom stereocenters. The number of benzene rings is 4. The number of hydrogen-bond donors (Lipinski definition) is 3. The standard InChI is InChI=1S/C36H38N4O4S/c1-24-9-7-10-25(2)40(24)23-26-15-17-28(18-16-26)37-35(27-11-5-4-6-12-27)34-32-21-29(19-20-33(32)38-36(34)41)39-45(42,43)31-14-8-13-30(22-31)44-3/h4-6,8,11-22,24-25,38-39,41H,7,9-10,23H2,1-3H3. The Balaban J connectivity index is 1.36. The first-order valence-corrected chi connectivity index (χ1v) is 16.7. The van der Waals surface area contributed by atoms with Gasteiger partial charge in [-0.15, -0.1) is 0 Å². The van der Waals surface area contributed by atoms with E-state index in [0.717, 1.165) is 17.8 Å². The number of hydrogen-bond acceptors (Lipinski definition) is 6. The van der Waals surface area contributed by atoms with Crippen LogP contribution in [0.5, 0.6) is 11.6 Å². The molecule has 0 radical (unpaired) electrons. The molecular formula is C36H38N4O4S. The maximum absolute atomic E-state index is 13.2. The van der Waals surface area contributed by atoms with Crippen LogP contribution in [0.4, 0.5) is 11.4 Å². The van der Waals surface area contributed by atoms with Gasteiger partial charge in [0, 0.05) is 46.8 Å². The average Bonchev–Trinajstić information content (AvgIpc) is 3.37. The van der Waals surface area contributed by atoms with Crippen LogP contribution in [-0.4, -0.2) is 48.3 Å². The molecule has 3 N–H and O–H groups in total. The Morgan fingerprint density at radius 1 is 0.956 bits per heavy atom. The fourth-order valence-corrected chi connectivity index (χ4v) is 7.21. The van der Waals surface area contributed by atoms with Crippen molar-refractivity contribution in [2.24, 2.45) is 4.99 Å². The highest BCUT2D eigenvalue weighted by molar-refractivity contribution is 7.92. The van der Waals surface area contributed by atoms with Gasteiger partial charge in [0.2, 0.25) is 0 Å². The Bertz CT molecular complexity index is 1930. The highest BCUT2D eigenvalue weighted by Crippen LogP contribution is 2.34. The third-order valence-electron chi connectivity index (χ3n) is 8.59. The van der Waals surface area contributed by atoms with E-state index in [2.05, 4.69) is 40.6 Å². The number of aromatic hydroxyl groups is 1. The summed E-state index contributed by atoms with van der Waals surface area (Å²) in [6, 6.07) is 30.4. The largest absolute Gasteiger partial charge is 0.497 e. The fourth-order valence-electron chi connectivity index (χ4n) is 6.13. The summed E-state index contributed by atoms with van der Waals surface area (Å²) in [6.07, 6.45) is 3.74. The Morgan fingerprint density at radius 3 is 2.40 bits per heavy atom. The van der Waals surface area contributed by atoms with Crippen LogP contribution < -0.4 is 9.46 Å². The normalized spacial score (nSPS) is 17.8. The first-order chi connectivity index (χ1) is 21.7. The molecule has 1 aromatic heterocycles. The first-order valence-electron chi connectivity index (χ1n) is 15.2. The predicted molar refractivity (Wildman–Crippen MR) is 180 cm³/mol. The maximum atomic E-state index is 13.2. The second kappa shape index (κ2) is 12.8. The number of ether oxygens (including phenoxy) is 1. The summed E-state index contributed by atoms with van der Waals surface area (Å²) in [5, 5.41) is 11.8. The summed E-state index contributed by atoms with van der Waals surface area (Å²) in [5.41, 5.74) is 4.85. The third kappa shape index (κ3) is 6.60. The minimum atomic E-state index is -3.90. The SMILES string of the molecule is COc1cccc(S(=O)(=O)Nc2ccc3[nH]c(O)c(C(=Nc4ccc(CN5C(C)CCCC5C)cc4)c4ccccc4)c3c2)c1. The fraction of sp³-hybridized carbons (Fsp3) is 0.250. The van der Waals surface area contributed by atoms with Gasteiger partial charge in [0.1, 0.15) is 5.75 Å². The molecule has 0 aliphatic carbocycles. The molecule has 2 heterocycles. The summed E-state index contributed by atoms with van der Waals surface area (Å²) in [4.78, 5) is 10.7. The number of likely N-dealkylation sites (tertiary alicyclic amines) is 1. The lowest BCUT2D eigenvalue weighted by Crippen LogP contribution is -2.42. The van der Waals surface area contributed by atoms with Crippen molar-refractivity contribution in [2.45, 2.75) is 56.6 Å². The maximum Gasteiger partial charge on any atom is 0.262 e. The molecule has 9 heteroatoms. The van der Waals surface area contributed by atoms with Crippen molar-refractivity contribution in [3.63, 3.8) is 0 Å². The summed E-state index contributed by atoms with van der Waals surface area (Å²) in [6.45, 7) is 5.52. The van der Waals surface area contributed by atoms with Crippen LogP contribution in [0.1, 0.15) is 49.8 Å². The van der Waals surface area contributed by atoms with E-state index in [1.807, 2.05) is 42.5 Å². The van der Waals surface area contributed by atoms with Crippen LogP contribution in [0.15, 0.2) is 107 Å². The van der Waals surface area contributed by atoms with Gasteiger partial charge in [-0.05, 0) is 74.7 Å². The lowest BCUT2D eigenvalue weighted by Gasteiger charge is -2.39. The lowest BCUT2D eigenvalue weighted by atomic mass is 9.96. The van der Waals surface area contributed by atoms with Gasteiger partial charge in [0.05, 0.1) is 29.0 Å². The Hall–Kier alpha value is -4.60. The number of nitrogens with zero attached hydrogens (tertiary/aromatic N) is 2. The van der Waals surface area contributed by atoms with Crippen LogP contribution in [0, 0.1) is 0 Å². The topological polar surface area (TPSA) is 107 Å². The Morgan fingerprint density at radius 2 is 1.69 bits per heavy atom. The molecule has 1 aliphatic rings. The van der Waals surface area contributed by atoms with Gasteiger partial charge in [-0.3, -0.25) is 9.62 Å². The van der Waals surface area contributed by atoms with Crippen LogP contribution in [0.3, 0.4) is 0 Å². The zero-order valence-corrected chi connectivity index (χ0v) is 26.5. The number of nitrogens with one attached hydrogen (secondary N) is 2. The Kier molecular flexibility index (Phi) is 8.65. The van der Waals surface area contributed by atoms with E-state index in [1.165, 1.54) is 44.1 Å². The quantitative estimate of drug-likeness (QED) is 0.147. The first kappa shape index (κ1) is 30.4. The van der Waals surface area contributed by atoms with Crippen molar-refractivity contribution in [2.75, 3.05) is 11.8 Å². The molecule has 0 bridgehead atoms. The van der Waals surface area contributed by atoms with Crippen molar-refractivity contribution < 1.29 is 18.3 Å². The zero-order valence-electron chi connectivity index (χ0n) is 25.7. The number of aromatic nitrogens is 1. The second-order valence-corrected chi connectivity index (χ2v) is 13.4. The van der Waals surface area contributed by atoms with Gasteiger partial charge >= 0.3 is 0 Å². The third-order valence-corrected chi connectivity index (χ3v) is 9.96.